The quantitative estimate of drug-likeness (QED) is 0.516. The molecular formula is C6H12NO2S2-. The lowest BCUT2D eigenvalue weighted by Crippen LogP contribution is -2.41. The summed E-state index contributed by atoms with van der Waals surface area (Å²) in [5.74, 6) is 0.633. The fourth-order valence-corrected chi connectivity index (χ4v) is 2.54. The van der Waals surface area contributed by atoms with E-state index in [-0.39, 0.29) is 6.04 Å². The zero-order valence-corrected chi connectivity index (χ0v) is 7.94. The highest BCUT2D eigenvalue weighted by molar-refractivity contribution is 7.80. The third-order valence-corrected chi connectivity index (χ3v) is 3.26. The molecule has 0 aromatic heterocycles. The zero-order chi connectivity index (χ0) is 8.27. The molecule has 1 aliphatic heterocycles. The Morgan fingerprint density at radius 3 is 2.82 bits per heavy atom. The van der Waals surface area contributed by atoms with Gasteiger partial charge in [0.1, 0.15) is 0 Å². The predicted molar refractivity (Wildman–Crippen MR) is 47.1 cm³/mol. The molecule has 0 saturated carbocycles. The van der Waals surface area contributed by atoms with Crippen molar-refractivity contribution in [1.29, 1.82) is 0 Å². The van der Waals surface area contributed by atoms with Crippen LogP contribution in [0.4, 0.5) is 0 Å². The maximum Gasteiger partial charge on any atom is 0.0303 e. The van der Waals surface area contributed by atoms with Crippen LogP contribution in [0.1, 0.15) is 19.3 Å². The van der Waals surface area contributed by atoms with Crippen molar-refractivity contribution in [2.45, 2.75) is 25.3 Å². The molecule has 0 radical (unpaired) electrons. The van der Waals surface area contributed by atoms with Gasteiger partial charge < -0.3 is 4.55 Å². The number of nitrogens with zero attached hydrogens (tertiary/aromatic N) is 1. The lowest BCUT2D eigenvalue weighted by molar-refractivity contribution is 0.265. The lowest BCUT2D eigenvalue weighted by Gasteiger charge is -2.35. The van der Waals surface area contributed by atoms with E-state index in [9.17, 15) is 8.76 Å². The predicted octanol–water partition coefficient (Wildman–Crippen LogP) is 0.565. The summed E-state index contributed by atoms with van der Waals surface area (Å²) in [6.07, 6.45) is 3.06. The highest BCUT2D eigenvalue weighted by Gasteiger charge is 2.21. The summed E-state index contributed by atoms with van der Waals surface area (Å²) >= 11 is 2.05. The Kier molecular flexibility index (Phi) is 3.84. The van der Waals surface area contributed by atoms with Gasteiger partial charge in [-0.2, -0.15) is 12.6 Å². The van der Waals surface area contributed by atoms with Crippen LogP contribution in [-0.2, 0) is 11.3 Å². The van der Waals surface area contributed by atoms with Crippen molar-refractivity contribution in [3.05, 3.63) is 0 Å². The van der Waals surface area contributed by atoms with Gasteiger partial charge in [0.25, 0.3) is 0 Å². The van der Waals surface area contributed by atoms with Gasteiger partial charge in [0.15, 0.2) is 0 Å². The van der Waals surface area contributed by atoms with Crippen LogP contribution in [0.25, 0.3) is 0 Å². The first-order valence-corrected chi connectivity index (χ1v) is 5.39. The second-order valence-electron chi connectivity index (χ2n) is 2.69. The van der Waals surface area contributed by atoms with Gasteiger partial charge in [0.05, 0.1) is 0 Å². The van der Waals surface area contributed by atoms with Gasteiger partial charge in [-0.3, -0.25) is 4.21 Å². The molecule has 2 atom stereocenters. The lowest BCUT2D eigenvalue weighted by atomic mass is 10.1. The van der Waals surface area contributed by atoms with Crippen molar-refractivity contribution in [1.82, 2.24) is 4.31 Å². The zero-order valence-electron chi connectivity index (χ0n) is 6.23. The second kappa shape index (κ2) is 4.45. The first-order chi connectivity index (χ1) is 5.25. The summed E-state index contributed by atoms with van der Waals surface area (Å²) < 4.78 is 22.7. The molecule has 11 heavy (non-hydrogen) atoms. The molecule has 0 aliphatic carbocycles. The normalized spacial score (nSPS) is 30.2. The molecule has 1 fully saturated rings. The van der Waals surface area contributed by atoms with Crippen LogP contribution in [0.2, 0.25) is 0 Å². The molecule has 0 aromatic carbocycles. The van der Waals surface area contributed by atoms with E-state index in [0.717, 1.165) is 19.3 Å². The van der Waals surface area contributed by atoms with Crippen LogP contribution in [0.15, 0.2) is 0 Å². The monoisotopic (exact) mass is 194 g/mol. The Hall–Kier alpha value is 0.420. The smallest absolute Gasteiger partial charge is 0.0303 e. The average molecular weight is 194 g/mol. The molecule has 5 heteroatoms. The Bertz CT molecular complexity index is 154. The summed E-state index contributed by atoms with van der Waals surface area (Å²) in [5.41, 5.74) is 0. The molecule has 1 saturated heterocycles. The van der Waals surface area contributed by atoms with Crippen molar-refractivity contribution >= 4 is 23.9 Å². The second-order valence-corrected chi connectivity index (χ2v) is 3.96. The van der Waals surface area contributed by atoms with Crippen LogP contribution >= 0.6 is 12.6 Å². The number of rotatable bonds is 2. The van der Waals surface area contributed by atoms with Gasteiger partial charge in [-0.1, -0.05) is 6.42 Å². The first kappa shape index (κ1) is 9.51. The SMILES string of the molecule is O=S([O-])N1CCCCC1CS. The Labute approximate surface area is 75.0 Å². The number of thiol groups is 1. The van der Waals surface area contributed by atoms with Crippen molar-refractivity contribution in [3.63, 3.8) is 0 Å². The van der Waals surface area contributed by atoms with Gasteiger partial charge in [-0.25, -0.2) is 4.31 Å². The molecule has 0 bridgehead atoms. The van der Waals surface area contributed by atoms with Crippen LogP contribution in [0, 0.1) is 0 Å². The highest BCUT2D eigenvalue weighted by atomic mass is 32.2. The molecular weight excluding hydrogens is 182 g/mol. The van der Waals surface area contributed by atoms with E-state index in [2.05, 4.69) is 12.6 Å². The van der Waals surface area contributed by atoms with Crippen molar-refractivity contribution in [3.8, 4) is 0 Å². The van der Waals surface area contributed by atoms with E-state index < -0.39 is 11.3 Å². The van der Waals surface area contributed by atoms with E-state index in [1.54, 1.807) is 0 Å². The largest absolute Gasteiger partial charge is 0.760 e. The fraction of sp³-hybridized carbons (Fsp3) is 1.00. The summed E-state index contributed by atoms with van der Waals surface area (Å²) in [5, 5.41) is 0. The van der Waals surface area contributed by atoms with Crippen LogP contribution in [-0.4, -0.2) is 31.4 Å². The first-order valence-electron chi connectivity index (χ1n) is 3.72. The molecule has 0 amide bonds. The Morgan fingerprint density at radius 2 is 2.36 bits per heavy atom. The minimum Gasteiger partial charge on any atom is -0.760 e. The van der Waals surface area contributed by atoms with Crippen LogP contribution in [0.5, 0.6) is 0 Å². The molecule has 3 nitrogen and oxygen atoms in total. The van der Waals surface area contributed by atoms with Crippen molar-refractivity contribution in [2.24, 2.45) is 0 Å². The molecule has 0 N–H and O–H groups in total. The van der Waals surface area contributed by atoms with Gasteiger partial charge in [0.2, 0.25) is 0 Å². The van der Waals surface area contributed by atoms with Crippen molar-refractivity contribution < 1.29 is 8.76 Å². The minimum atomic E-state index is -2.05. The number of hydrogen-bond acceptors (Lipinski definition) is 3. The van der Waals surface area contributed by atoms with Crippen LogP contribution < -0.4 is 0 Å². The van der Waals surface area contributed by atoms with E-state index in [0.29, 0.717) is 12.3 Å². The van der Waals surface area contributed by atoms with Gasteiger partial charge >= 0.3 is 0 Å². The van der Waals surface area contributed by atoms with E-state index in [4.69, 9.17) is 0 Å². The number of piperidine rings is 1. The van der Waals surface area contributed by atoms with Crippen molar-refractivity contribution in [2.75, 3.05) is 12.3 Å². The van der Waals surface area contributed by atoms with Gasteiger partial charge in [-0.15, -0.1) is 0 Å². The third-order valence-electron chi connectivity index (χ3n) is 1.98. The van der Waals surface area contributed by atoms with Crippen LogP contribution in [0.3, 0.4) is 0 Å². The summed E-state index contributed by atoms with van der Waals surface area (Å²) in [7, 11) is 0. The van der Waals surface area contributed by atoms with E-state index >= 15 is 0 Å². The topological polar surface area (TPSA) is 43.4 Å². The van der Waals surface area contributed by atoms with E-state index in [1.165, 1.54) is 4.31 Å². The number of hydrogen-bond donors (Lipinski definition) is 1. The Morgan fingerprint density at radius 1 is 1.64 bits per heavy atom. The molecule has 0 spiro atoms. The third kappa shape index (κ3) is 2.43. The standard InChI is InChI=1S/C6H13NO2S2/c8-11(9)7-4-2-1-3-6(7)5-10/h6,10H,1-5H2,(H,8,9)/p-1. The molecule has 0 aromatic rings. The maximum absolute atomic E-state index is 10.6. The minimum absolute atomic E-state index is 0.130. The summed E-state index contributed by atoms with van der Waals surface area (Å²) in [4.78, 5) is 0. The van der Waals surface area contributed by atoms with Gasteiger partial charge in [-0.05, 0) is 12.8 Å². The molecule has 66 valence electrons. The molecule has 2 unspecified atom stereocenters. The Balaban J connectivity index is 2.51. The molecule has 1 aliphatic rings. The summed E-state index contributed by atoms with van der Waals surface area (Å²) in [6, 6.07) is 0.130. The highest BCUT2D eigenvalue weighted by Crippen LogP contribution is 2.18. The molecule has 1 heterocycles. The average Bonchev–Trinajstić information content (AvgIpc) is 2.04. The summed E-state index contributed by atoms with van der Waals surface area (Å²) in [6.45, 7) is 0.668. The molecule has 1 rings (SSSR count). The van der Waals surface area contributed by atoms with Gasteiger partial charge in [0, 0.05) is 29.6 Å². The van der Waals surface area contributed by atoms with E-state index in [1.807, 2.05) is 0 Å². The fourth-order valence-electron chi connectivity index (χ4n) is 1.35. The maximum atomic E-state index is 10.6.